The molecule has 2 amide bonds. The van der Waals surface area contributed by atoms with Crippen LogP contribution < -0.4 is 5.32 Å². The molecule has 2 aromatic carbocycles. The zero-order valence-corrected chi connectivity index (χ0v) is 19.3. The van der Waals surface area contributed by atoms with E-state index < -0.39 is 5.41 Å². The smallest absolute Gasteiger partial charge is 0.244 e. The molecule has 1 saturated heterocycles. The van der Waals surface area contributed by atoms with Crippen LogP contribution in [0.2, 0.25) is 0 Å². The number of hydrogen-bond acceptors (Lipinski definition) is 4. The maximum atomic E-state index is 13.6. The normalized spacial score (nSPS) is 18.3. The quantitative estimate of drug-likeness (QED) is 0.605. The van der Waals surface area contributed by atoms with Gasteiger partial charge in [0.05, 0.1) is 5.41 Å². The molecule has 3 aromatic rings. The fourth-order valence-corrected chi connectivity index (χ4v) is 4.66. The molecule has 2 heterocycles. The molecule has 0 radical (unpaired) electrons. The number of rotatable bonds is 7. The van der Waals surface area contributed by atoms with Crippen LogP contribution in [-0.2, 0) is 22.6 Å². The molecule has 1 unspecified atom stereocenters. The Morgan fingerprint density at radius 3 is 2.58 bits per heavy atom. The first-order valence-electron chi connectivity index (χ1n) is 11.5. The van der Waals surface area contributed by atoms with Gasteiger partial charge in [-0.05, 0) is 49.8 Å². The summed E-state index contributed by atoms with van der Waals surface area (Å²) in [5.74, 6) is -0.0307. The van der Waals surface area contributed by atoms with Crippen LogP contribution in [-0.4, -0.2) is 50.6 Å². The van der Waals surface area contributed by atoms with Crippen molar-refractivity contribution in [2.24, 2.45) is 5.41 Å². The first kappa shape index (κ1) is 22.7. The highest BCUT2D eigenvalue weighted by Gasteiger charge is 2.44. The predicted octanol–water partition coefficient (Wildman–Crippen LogP) is 3.32. The van der Waals surface area contributed by atoms with Crippen molar-refractivity contribution in [3.8, 4) is 11.1 Å². The second kappa shape index (κ2) is 9.98. The van der Waals surface area contributed by atoms with Gasteiger partial charge in [-0.2, -0.15) is 5.10 Å². The molecule has 1 aromatic heterocycles. The van der Waals surface area contributed by atoms with E-state index in [1.165, 1.54) is 17.3 Å². The lowest BCUT2D eigenvalue weighted by Crippen LogP contribution is -2.56. The average Bonchev–Trinajstić information content (AvgIpc) is 3.33. The Kier molecular flexibility index (Phi) is 6.87. The number of piperidine rings is 1. The van der Waals surface area contributed by atoms with Crippen LogP contribution >= 0.6 is 0 Å². The number of carbonyl (C=O) groups is 2. The second-order valence-corrected chi connectivity index (χ2v) is 9.12. The number of likely N-dealkylation sites (tertiary alicyclic amines) is 1. The number of hydrogen-bond donors (Lipinski definition) is 1. The zero-order chi connectivity index (χ0) is 23.3. The molecule has 0 aliphatic carbocycles. The molecule has 7 nitrogen and oxygen atoms in total. The number of amides is 2. The Labute approximate surface area is 194 Å². The minimum Gasteiger partial charge on any atom is -0.353 e. The largest absolute Gasteiger partial charge is 0.353 e. The first-order chi connectivity index (χ1) is 16.0. The highest BCUT2D eigenvalue weighted by Crippen LogP contribution is 2.37. The topological polar surface area (TPSA) is 80.1 Å². The Morgan fingerprint density at radius 2 is 1.85 bits per heavy atom. The van der Waals surface area contributed by atoms with Crippen molar-refractivity contribution < 1.29 is 9.59 Å². The number of benzene rings is 2. The van der Waals surface area contributed by atoms with Crippen LogP contribution in [0.5, 0.6) is 0 Å². The molecular weight excluding hydrogens is 414 g/mol. The van der Waals surface area contributed by atoms with Gasteiger partial charge in [0.1, 0.15) is 19.2 Å². The van der Waals surface area contributed by atoms with Crippen LogP contribution in [0.25, 0.3) is 11.1 Å². The van der Waals surface area contributed by atoms with E-state index in [4.69, 9.17) is 0 Å². The van der Waals surface area contributed by atoms with Crippen LogP contribution in [0, 0.1) is 5.41 Å². The number of nitrogens with zero attached hydrogens (tertiary/aromatic N) is 4. The van der Waals surface area contributed by atoms with Crippen LogP contribution in [0.15, 0.2) is 67.3 Å². The summed E-state index contributed by atoms with van der Waals surface area (Å²) in [6.45, 7) is 5.11. The van der Waals surface area contributed by atoms with Gasteiger partial charge >= 0.3 is 0 Å². The van der Waals surface area contributed by atoms with E-state index in [9.17, 15) is 9.59 Å². The molecule has 1 aliphatic rings. The van der Waals surface area contributed by atoms with Gasteiger partial charge in [-0.15, -0.1) is 0 Å². The summed E-state index contributed by atoms with van der Waals surface area (Å²) < 4.78 is 1.53. The third kappa shape index (κ3) is 5.30. The molecule has 4 rings (SSSR count). The summed E-state index contributed by atoms with van der Waals surface area (Å²) >= 11 is 0. The lowest BCUT2D eigenvalue weighted by atomic mass is 9.73. The lowest BCUT2D eigenvalue weighted by molar-refractivity contribution is -0.142. The van der Waals surface area contributed by atoms with Gasteiger partial charge in [-0.25, -0.2) is 9.67 Å². The SMILES string of the molecule is CC(C)NC(=O)C1(Cc2ccccc2-c2ccccc2)CCCN(C(=O)Cn2cncn2)C1. The van der Waals surface area contributed by atoms with Crippen LogP contribution in [0.4, 0.5) is 0 Å². The lowest BCUT2D eigenvalue weighted by Gasteiger charge is -2.42. The molecule has 1 aliphatic heterocycles. The summed E-state index contributed by atoms with van der Waals surface area (Å²) in [6.07, 6.45) is 5.05. The third-order valence-electron chi connectivity index (χ3n) is 6.23. The molecule has 172 valence electrons. The predicted molar refractivity (Wildman–Crippen MR) is 127 cm³/mol. The molecule has 0 saturated carbocycles. The Morgan fingerprint density at radius 1 is 1.09 bits per heavy atom. The molecule has 7 heteroatoms. The van der Waals surface area contributed by atoms with E-state index in [2.05, 4.69) is 39.7 Å². The maximum Gasteiger partial charge on any atom is 0.244 e. The van der Waals surface area contributed by atoms with E-state index in [-0.39, 0.29) is 24.4 Å². The van der Waals surface area contributed by atoms with E-state index >= 15 is 0 Å². The summed E-state index contributed by atoms with van der Waals surface area (Å²) in [7, 11) is 0. The number of carbonyl (C=O) groups excluding carboxylic acids is 2. The first-order valence-corrected chi connectivity index (χ1v) is 11.5. The highest BCUT2D eigenvalue weighted by atomic mass is 16.2. The van der Waals surface area contributed by atoms with Crippen molar-refractivity contribution >= 4 is 11.8 Å². The van der Waals surface area contributed by atoms with Crippen molar-refractivity contribution in [1.29, 1.82) is 0 Å². The summed E-state index contributed by atoms with van der Waals surface area (Å²) in [4.78, 5) is 32.4. The van der Waals surface area contributed by atoms with Crippen molar-refractivity contribution in [1.82, 2.24) is 25.0 Å². The molecule has 0 bridgehead atoms. The highest BCUT2D eigenvalue weighted by molar-refractivity contribution is 5.85. The molecule has 1 N–H and O–H groups in total. The van der Waals surface area contributed by atoms with Gasteiger partial charge in [-0.1, -0.05) is 54.6 Å². The minimum absolute atomic E-state index is 0.0126. The number of nitrogens with one attached hydrogen (secondary N) is 1. The van der Waals surface area contributed by atoms with Gasteiger partial charge in [0.2, 0.25) is 11.8 Å². The van der Waals surface area contributed by atoms with Crippen molar-refractivity contribution in [2.45, 2.75) is 45.7 Å². The van der Waals surface area contributed by atoms with Crippen molar-refractivity contribution in [3.05, 3.63) is 72.8 Å². The summed E-state index contributed by atoms with van der Waals surface area (Å²) in [6, 6.07) is 18.5. The van der Waals surface area contributed by atoms with E-state index in [1.54, 1.807) is 0 Å². The van der Waals surface area contributed by atoms with Crippen molar-refractivity contribution in [3.63, 3.8) is 0 Å². The fraction of sp³-hybridized carbons (Fsp3) is 0.385. The molecule has 1 fully saturated rings. The standard InChI is InChI=1S/C26H31N5O2/c1-20(2)29-25(33)26(13-8-14-30(17-26)24(32)16-31-19-27-18-28-31)15-22-11-6-7-12-23(22)21-9-4-3-5-10-21/h3-7,9-12,18-20H,8,13-17H2,1-2H3,(H,29,33). The summed E-state index contributed by atoms with van der Waals surface area (Å²) in [5, 5.41) is 7.19. The number of aromatic nitrogens is 3. The monoisotopic (exact) mass is 445 g/mol. The Hall–Kier alpha value is -3.48. The average molecular weight is 446 g/mol. The van der Waals surface area contributed by atoms with E-state index in [1.807, 2.05) is 49.1 Å². The van der Waals surface area contributed by atoms with Gasteiger partial charge in [0, 0.05) is 19.1 Å². The van der Waals surface area contributed by atoms with Gasteiger partial charge in [0.15, 0.2) is 0 Å². The summed E-state index contributed by atoms with van der Waals surface area (Å²) in [5.41, 5.74) is 2.68. The second-order valence-electron chi connectivity index (χ2n) is 9.12. The molecular formula is C26H31N5O2. The molecule has 33 heavy (non-hydrogen) atoms. The Balaban J connectivity index is 1.64. The zero-order valence-electron chi connectivity index (χ0n) is 19.3. The molecule has 0 spiro atoms. The maximum absolute atomic E-state index is 13.6. The van der Waals surface area contributed by atoms with Gasteiger partial charge in [0.25, 0.3) is 0 Å². The van der Waals surface area contributed by atoms with Crippen LogP contribution in [0.3, 0.4) is 0 Å². The Bertz CT molecular complexity index is 1080. The van der Waals surface area contributed by atoms with Gasteiger partial charge < -0.3 is 10.2 Å². The van der Waals surface area contributed by atoms with Crippen molar-refractivity contribution in [2.75, 3.05) is 13.1 Å². The van der Waals surface area contributed by atoms with Gasteiger partial charge in [-0.3, -0.25) is 9.59 Å². The van der Waals surface area contributed by atoms with E-state index in [0.29, 0.717) is 19.5 Å². The fourth-order valence-electron chi connectivity index (χ4n) is 4.66. The van der Waals surface area contributed by atoms with E-state index in [0.717, 1.165) is 29.5 Å². The minimum atomic E-state index is -0.689. The third-order valence-corrected chi connectivity index (χ3v) is 6.23. The van der Waals surface area contributed by atoms with Crippen LogP contribution in [0.1, 0.15) is 32.3 Å². The molecule has 1 atom stereocenters.